The highest BCUT2D eigenvalue weighted by atomic mass is 16.5. The summed E-state index contributed by atoms with van der Waals surface area (Å²) in [7, 11) is 2.55. The van der Waals surface area contributed by atoms with Crippen LogP contribution in [0.2, 0.25) is 0 Å². The van der Waals surface area contributed by atoms with Crippen LogP contribution in [0.15, 0.2) is 12.2 Å². The zero-order valence-electron chi connectivity index (χ0n) is 12.5. The fourth-order valence-electron chi connectivity index (χ4n) is 1.88. The second-order valence-electron chi connectivity index (χ2n) is 4.57. The fraction of sp³-hybridized carbons (Fsp3) is 0.733. The van der Waals surface area contributed by atoms with E-state index in [1.807, 2.05) is 6.08 Å². The number of ether oxygens (including phenoxy) is 2. The molecule has 110 valence electrons. The molecule has 1 unspecified atom stereocenters. The molecule has 0 saturated carbocycles. The van der Waals surface area contributed by atoms with Crippen molar-refractivity contribution in [3.05, 3.63) is 12.2 Å². The van der Waals surface area contributed by atoms with E-state index in [1.165, 1.54) is 27.1 Å². The van der Waals surface area contributed by atoms with Crippen LogP contribution in [0.3, 0.4) is 0 Å². The van der Waals surface area contributed by atoms with Gasteiger partial charge >= 0.3 is 11.9 Å². The van der Waals surface area contributed by atoms with Crippen molar-refractivity contribution in [2.24, 2.45) is 11.8 Å². The molecule has 0 radical (unpaired) electrons. The van der Waals surface area contributed by atoms with E-state index in [2.05, 4.69) is 29.4 Å². The van der Waals surface area contributed by atoms with Crippen LogP contribution < -0.4 is 0 Å². The number of methoxy groups -OCH3 is 2. The average Bonchev–Trinajstić information content (AvgIpc) is 2.45. The monoisotopic (exact) mass is 270 g/mol. The predicted molar refractivity (Wildman–Crippen MR) is 74.6 cm³/mol. The van der Waals surface area contributed by atoms with E-state index in [0.29, 0.717) is 12.3 Å². The van der Waals surface area contributed by atoms with E-state index in [1.54, 1.807) is 0 Å². The van der Waals surface area contributed by atoms with Gasteiger partial charge in [-0.2, -0.15) is 0 Å². The van der Waals surface area contributed by atoms with Gasteiger partial charge in [-0.15, -0.1) is 0 Å². The third kappa shape index (κ3) is 6.99. The highest BCUT2D eigenvalue weighted by Gasteiger charge is 2.27. The minimum absolute atomic E-state index is 0.335. The summed E-state index contributed by atoms with van der Waals surface area (Å²) >= 11 is 0. The summed E-state index contributed by atoms with van der Waals surface area (Å²) in [6, 6.07) is 0. The van der Waals surface area contributed by atoms with Crippen LogP contribution in [0.5, 0.6) is 0 Å². The first kappa shape index (κ1) is 17.7. The lowest BCUT2D eigenvalue weighted by atomic mass is 9.97. The maximum atomic E-state index is 11.5. The number of hydrogen-bond acceptors (Lipinski definition) is 4. The van der Waals surface area contributed by atoms with Crippen molar-refractivity contribution in [2.45, 2.75) is 46.0 Å². The van der Waals surface area contributed by atoms with Gasteiger partial charge in [0.2, 0.25) is 0 Å². The molecule has 0 rings (SSSR count). The average molecular weight is 270 g/mol. The lowest BCUT2D eigenvalue weighted by Gasteiger charge is -2.11. The van der Waals surface area contributed by atoms with Crippen LogP contribution in [-0.4, -0.2) is 26.2 Å². The first-order valence-electron chi connectivity index (χ1n) is 6.92. The normalized spacial score (nSPS) is 12.7. The van der Waals surface area contributed by atoms with E-state index < -0.39 is 17.9 Å². The van der Waals surface area contributed by atoms with Crippen molar-refractivity contribution in [3.8, 4) is 0 Å². The molecular weight excluding hydrogens is 244 g/mol. The zero-order chi connectivity index (χ0) is 14.7. The van der Waals surface area contributed by atoms with Crippen molar-refractivity contribution in [1.29, 1.82) is 0 Å². The number of unbranched alkanes of at least 4 members (excludes halogenated alkanes) is 1. The molecule has 0 heterocycles. The van der Waals surface area contributed by atoms with Crippen LogP contribution >= 0.6 is 0 Å². The summed E-state index contributed by atoms with van der Waals surface area (Å²) in [5.74, 6) is -1.43. The lowest BCUT2D eigenvalue weighted by Crippen LogP contribution is -2.25. The standard InChI is InChI=1S/C15H26O4/c1-5-7-9-12(6-2)10-8-11-13(14(16)18-3)15(17)19-4/h8,10,12-13H,5-7,9,11H2,1-4H3/b10-8+. The van der Waals surface area contributed by atoms with Crippen molar-refractivity contribution in [3.63, 3.8) is 0 Å². The molecular formula is C15H26O4. The molecule has 0 bridgehead atoms. The summed E-state index contributed by atoms with van der Waals surface area (Å²) in [6.45, 7) is 4.31. The van der Waals surface area contributed by atoms with Gasteiger partial charge in [-0.25, -0.2) is 0 Å². The van der Waals surface area contributed by atoms with Gasteiger partial charge in [0.05, 0.1) is 14.2 Å². The molecule has 0 saturated heterocycles. The SMILES string of the molecule is CCCCC(/C=C/CC(C(=O)OC)C(=O)OC)CC. The number of esters is 2. The van der Waals surface area contributed by atoms with Gasteiger partial charge in [0, 0.05) is 0 Å². The Labute approximate surface area is 116 Å². The molecule has 0 N–H and O–H groups in total. The molecule has 0 fully saturated rings. The molecule has 4 heteroatoms. The molecule has 0 aliphatic rings. The number of carbonyl (C=O) groups excluding carboxylic acids is 2. The van der Waals surface area contributed by atoms with Crippen LogP contribution in [0.1, 0.15) is 46.0 Å². The molecule has 0 aromatic heterocycles. The zero-order valence-corrected chi connectivity index (χ0v) is 12.5. The highest BCUT2D eigenvalue weighted by Crippen LogP contribution is 2.16. The number of carbonyl (C=O) groups is 2. The van der Waals surface area contributed by atoms with Crippen LogP contribution in [0.4, 0.5) is 0 Å². The lowest BCUT2D eigenvalue weighted by molar-refractivity contribution is -0.158. The number of hydrogen-bond donors (Lipinski definition) is 0. The minimum Gasteiger partial charge on any atom is -0.468 e. The molecule has 0 amide bonds. The predicted octanol–water partition coefficient (Wildman–Crippen LogP) is 3.11. The maximum absolute atomic E-state index is 11.5. The quantitative estimate of drug-likeness (QED) is 0.367. The van der Waals surface area contributed by atoms with E-state index in [0.717, 1.165) is 12.8 Å². The van der Waals surface area contributed by atoms with E-state index in [9.17, 15) is 9.59 Å². The van der Waals surface area contributed by atoms with Gasteiger partial charge in [0.15, 0.2) is 5.92 Å². The topological polar surface area (TPSA) is 52.6 Å². The fourth-order valence-corrected chi connectivity index (χ4v) is 1.88. The largest absolute Gasteiger partial charge is 0.468 e. The summed E-state index contributed by atoms with van der Waals surface area (Å²) in [5.41, 5.74) is 0. The van der Waals surface area contributed by atoms with Crippen LogP contribution in [0.25, 0.3) is 0 Å². The highest BCUT2D eigenvalue weighted by molar-refractivity contribution is 5.94. The summed E-state index contributed by atoms with van der Waals surface area (Å²) < 4.78 is 9.22. The molecule has 0 aromatic rings. The number of rotatable bonds is 9. The Bertz CT molecular complexity index is 281. The molecule has 0 spiro atoms. The second kappa shape index (κ2) is 10.6. The summed E-state index contributed by atoms with van der Waals surface area (Å²) in [5, 5.41) is 0. The molecule has 4 nitrogen and oxygen atoms in total. The number of allylic oxidation sites excluding steroid dienone is 2. The van der Waals surface area contributed by atoms with Gasteiger partial charge in [0.25, 0.3) is 0 Å². The first-order valence-corrected chi connectivity index (χ1v) is 6.92. The Morgan fingerprint density at radius 3 is 2.11 bits per heavy atom. The second-order valence-corrected chi connectivity index (χ2v) is 4.57. The smallest absolute Gasteiger partial charge is 0.320 e. The molecule has 1 atom stereocenters. The Morgan fingerprint density at radius 2 is 1.68 bits per heavy atom. The van der Waals surface area contributed by atoms with Crippen molar-refractivity contribution in [2.75, 3.05) is 14.2 Å². The summed E-state index contributed by atoms with van der Waals surface area (Å²) in [6.07, 6.45) is 8.90. The third-order valence-corrected chi connectivity index (χ3v) is 3.20. The van der Waals surface area contributed by atoms with Gasteiger partial charge in [-0.1, -0.05) is 38.8 Å². The summed E-state index contributed by atoms with van der Waals surface area (Å²) in [4.78, 5) is 22.9. The van der Waals surface area contributed by atoms with Crippen molar-refractivity contribution < 1.29 is 19.1 Å². The van der Waals surface area contributed by atoms with Gasteiger partial charge < -0.3 is 9.47 Å². The molecule has 0 aliphatic carbocycles. The Morgan fingerprint density at radius 1 is 1.11 bits per heavy atom. The Hall–Kier alpha value is -1.32. The van der Waals surface area contributed by atoms with Crippen molar-refractivity contribution in [1.82, 2.24) is 0 Å². The minimum atomic E-state index is -0.852. The van der Waals surface area contributed by atoms with E-state index in [-0.39, 0.29) is 0 Å². The Kier molecular flexibility index (Phi) is 9.85. The van der Waals surface area contributed by atoms with E-state index in [4.69, 9.17) is 0 Å². The van der Waals surface area contributed by atoms with Crippen LogP contribution in [0, 0.1) is 11.8 Å². The van der Waals surface area contributed by atoms with Crippen molar-refractivity contribution >= 4 is 11.9 Å². The molecule has 0 aromatic carbocycles. The third-order valence-electron chi connectivity index (χ3n) is 3.20. The van der Waals surface area contributed by atoms with Gasteiger partial charge in [-0.05, 0) is 25.2 Å². The van der Waals surface area contributed by atoms with Crippen LogP contribution in [-0.2, 0) is 19.1 Å². The first-order chi connectivity index (χ1) is 9.10. The maximum Gasteiger partial charge on any atom is 0.320 e. The molecule has 0 aliphatic heterocycles. The van der Waals surface area contributed by atoms with Gasteiger partial charge in [-0.3, -0.25) is 9.59 Å². The molecule has 19 heavy (non-hydrogen) atoms. The Balaban J connectivity index is 4.43. The van der Waals surface area contributed by atoms with E-state index >= 15 is 0 Å². The van der Waals surface area contributed by atoms with Gasteiger partial charge in [0.1, 0.15) is 0 Å².